The van der Waals surface area contributed by atoms with Crippen molar-refractivity contribution < 1.29 is 30.0 Å². The smallest absolute Gasteiger partial charge is 0.217 e. The van der Waals surface area contributed by atoms with E-state index in [1.165, 1.54) is 6.92 Å². The maximum absolute atomic E-state index is 11.2. The van der Waals surface area contributed by atoms with Gasteiger partial charge in [-0.15, -0.1) is 11.8 Å². The fourth-order valence-electron chi connectivity index (χ4n) is 1.89. The van der Waals surface area contributed by atoms with E-state index in [1.54, 1.807) is 0 Å². The number of hydrogen-bond donors (Lipinski definition) is 6. The molecule has 1 aliphatic rings. The van der Waals surface area contributed by atoms with Gasteiger partial charge in [-0.1, -0.05) is 0 Å². The number of ether oxygens (including phenoxy) is 1. The Kier molecular flexibility index (Phi) is 7.17. The first-order valence-corrected chi connectivity index (χ1v) is 7.34. The molecule has 1 heterocycles. The number of aliphatic hydroxyl groups is 4. The van der Waals surface area contributed by atoms with Gasteiger partial charge < -0.3 is 36.2 Å². The van der Waals surface area contributed by atoms with E-state index >= 15 is 0 Å². The van der Waals surface area contributed by atoms with E-state index in [4.69, 9.17) is 15.6 Å². The number of thioether (sulfide) groups is 1. The highest BCUT2D eigenvalue weighted by Gasteiger charge is 2.44. The SMILES string of the molecule is CC(=O)N[C@H]1[C@H](O)[C@@H](O)[C@H](CO)O[C@H]1SC[C@@H](O)CN. The zero-order valence-electron chi connectivity index (χ0n) is 11.2. The van der Waals surface area contributed by atoms with Crippen LogP contribution in [0.2, 0.25) is 0 Å². The fourth-order valence-corrected chi connectivity index (χ4v) is 3.09. The minimum atomic E-state index is -1.30. The normalized spacial score (nSPS) is 35.6. The van der Waals surface area contributed by atoms with E-state index in [0.29, 0.717) is 0 Å². The van der Waals surface area contributed by atoms with Crippen LogP contribution in [0.3, 0.4) is 0 Å². The molecule has 1 aliphatic heterocycles. The molecule has 0 aromatic rings. The van der Waals surface area contributed by atoms with E-state index in [0.717, 1.165) is 11.8 Å². The lowest BCUT2D eigenvalue weighted by Gasteiger charge is -2.42. The van der Waals surface area contributed by atoms with Crippen molar-refractivity contribution in [2.24, 2.45) is 5.73 Å². The summed E-state index contributed by atoms with van der Waals surface area (Å²) in [5.74, 6) is -0.129. The Labute approximate surface area is 121 Å². The summed E-state index contributed by atoms with van der Waals surface area (Å²) in [6, 6.07) is -0.833. The maximum Gasteiger partial charge on any atom is 0.217 e. The van der Waals surface area contributed by atoms with Crippen LogP contribution in [0.4, 0.5) is 0 Å². The van der Waals surface area contributed by atoms with Crippen LogP contribution in [-0.4, -0.2) is 81.1 Å². The van der Waals surface area contributed by atoms with Crippen molar-refractivity contribution in [1.29, 1.82) is 0 Å². The first-order valence-electron chi connectivity index (χ1n) is 6.30. The van der Waals surface area contributed by atoms with Gasteiger partial charge in [0.1, 0.15) is 23.7 Å². The lowest BCUT2D eigenvalue weighted by molar-refractivity contribution is -0.173. The van der Waals surface area contributed by atoms with Gasteiger partial charge in [-0.25, -0.2) is 0 Å². The Hall–Kier alpha value is -0.420. The standard InChI is InChI=1S/C11H22N2O6S/c1-5(15)13-8-10(18)9(17)7(3-14)19-11(8)20-4-6(16)2-12/h6-11,14,16-18H,2-4,12H2,1H3,(H,13,15)/t6-,7-,8-,9-,10-,11-/m0/s1. The number of aliphatic hydroxyl groups excluding tert-OH is 4. The van der Waals surface area contributed by atoms with Crippen LogP contribution in [0, 0.1) is 0 Å². The molecule has 1 rings (SSSR count). The molecule has 1 saturated heterocycles. The number of hydrogen-bond acceptors (Lipinski definition) is 8. The predicted molar refractivity (Wildman–Crippen MR) is 72.9 cm³/mol. The second-order valence-corrected chi connectivity index (χ2v) is 5.79. The zero-order chi connectivity index (χ0) is 15.3. The van der Waals surface area contributed by atoms with E-state index in [-0.39, 0.29) is 18.2 Å². The molecule has 0 radical (unpaired) electrons. The average Bonchev–Trinajstić information content (AvgIpc) is 2.42. The number of nitrogens with one attached hydrogen (secondary N) is 1. The Morgan fingerprint density at radius 2 is 2.10 bits per heavy atom. The van der Waals surface area contributed by atoms with Gasteiger partial charge in [-0.2, -0.15) is 0 Å². The van der Waals surface area contributed by atoms with Crippen LogP contribution in [0.15, 0.2) is 0 Å². The van der Waals surface area contributed by atoms with Crippen LogP contribution in [-0.2, 0) is 9.53 Å². The summed E-state index contributed by atoms with van der Waals surface area (Å²) in [5, 5.41) is 40.9. The first kappa shape index (κ1) is 17.6. The van der Waals surface area contributed by atoms with Gasteiger partial charge in [-0.05, 0) is 0 Å². The topological polar surface area (TPSA) is 145 Å². The molecule has 9 heteroatoms. The van der Waals surface area contributed by atoms with Gasteiger partial charge in [0.05, 0.1) is 18.8 Å². The zero-order valence-corrected chi connectivity index (χ0v) is 12.0. The summed E-state index contributed by atoms with van der Waals surface area (Å²) in [6.45, 7) is 0.911. The summed E-state index contributed by atoms with van der Waals surface area (Å²) in [6.07, 6.45) is -4.24. The Morgan fingerprint density at radius 3 is 2.60 bits per heavy atom. The van der Waals surface area contributed by atoms with Crippen molar-refractivity contribution in [2.45, 2.75) is 42.8 Å². The Balaban J connectivity index is 2.75. The molecule has 0 saturated carbocycles. The van der Waals surface area contributed by atoms with Crippen LogP contribution >= 0.6 is 11.8 Å². The van der Waals surface area contributed by atoms with Crippen LogP contribution in [0.5, 0.6) is 0 Å². The summed E-state index contributed by atoms with van der Waals surface area (Å²) < 4.78 is 5.46. The van der Waals surface area contributed by atoms with E-state index in [1.807, 2.05) is 0 Å². The molecule has 0 bridgehead atoms. The van der Waals surface area contributed by atoms with Crippen molar-refractivity contribution >= 4 is 17.7 Å². The Morgan fingerprint density at radius 1 is 1.45 bits per heavy atom. The van der Waals surface area contributed by atoms with Gasteiger partial charge in [0.15, 0.2) is 0 Å². The number of carbonyl (C=O) groups is 1. The largest absolute Gasteiger partial charge is 0.394 e. The average molecular weight is 310 g/mol. The van der Waals surface area contributed by atoms with Gasteiger partial charge in [0.2, 0.25) is 5.91 Å². The highest BCUT2D eigenvalue weighted by Crippen LogP contribution is 2.28. The van der Waals surface area contributed by atoms with Crippen molar-refractivity contribution in [2.75, 3.05) is 18.9 Å². The summed E-state index contributed by atoms with van der Waals surface area (Å²) in [5.41, 5.74) is 4.60. The van der Waals surface area contributed by atoms with Crippen LogP contribution in [0.25, 0.3) is 0 Å². The molecule has 0 aliphatic carbocycles. The Bertz CT molecular complexity index is 321. The molecule has 1 amide bonds. The quantitative estimate of drug-likeness (QED) is 0.304. The lowest BCUT2D eigenvalue weighted by atomic mass is 9.98. The van der Waals surface area contributed by atoms with Crippen LogP contribution < -0.4 is 11.1 Å². The van der Waals surface area contributed by atoms with E-state index in [9.17, 15) is 20.1 Å². The third-order valence-electron chi connectivity index (χ3n) is 2.98. The molecule has 1 fully saturated rings. The van der Waals surface area contributed by atoms with Gasteiger partial charge in [-0.3, -0.25) is 4.79 Å². The molecule has 0 unspecified atom stereocenters. The minimum Gasteiger partial charge on any atom is -0.394 e. The number of carbonyl (C=O) groups excluding carboxylic acids is 1. The molecule has 118 valence electrons. The van der Waals surface area contributed by atoms with Gasteiger partial charge in [0.25, 0.3) is 0 Å². The summed E-state index contributed by atoms with van der Waals surface area (Å²) in [4.78, 5) is 11.2. The molecule has 0 aromatic heterocycles. The second kappa shape index (κ2) is 8.13. The van der Waals surface area contributed by atoms with Crippen molar-refractivity contribution in [3.05, 3.63) is 0 Å². The number of nitrogens with two attached hydrogens (primary N) is 1. The fraction of sp³-hybridized carbons (Fsp3) is 0.909. The van der Waals surface area contributed by atoms with Crippen molar-refractivity contribution in [3.8, 4) is 0 Å². The molecular formula is C11H22N2O6S. The number of rotatable bonds is 6. The molecular weight excluding hydrogens is 288 g/mol. The lowest BCUT2D eigenvalue weighted by Crippen LogP contribution is -2.63. The van der Waals surface area contributed by atoms with E-state index < -0.39 is 42.5 Å². The maximum atomic E-state index is 11.2. The molecule has 7 N–H and O–H groups in total. The third-order valence-corrected chi connectivity index (χ3v) is 4.29. The first-order chi connectivity index (χ1) is 9.40. The summed E-state index contributed by atoms with van der Waals surface area (Å²) in [7, 11) is 0. The van der Waals surface area contributed by atoms with Gasteiger partial charge >= 0.3 is 0 Å². The molecule has 0 aromatic carbocycles. The minimum absolute atomic E-state index is 0.0825. The third kappa shape index (κ3) is 4.55. The predicted octanol–water partition coefficient (Wildman–Crippen LogP) is -3.02. The molecule has 20 heavy (non-hydrogen) atoms. The second-order valence-electron chi connectivity index (χ2n) is 4.66. The van der Waals surface area contributed by atoms with Crippen LogP contribution in [0.1, 0.15) is 6.92 Å². The van der Waals surface area contributed by atoms with E-state index in [2.05, 4.69) is 5.32 Å². The highest BCUT2D eigenvalue weighted by molar-refractivity contribution is 7.99. The monoisotopic (exact) mass is 310 g/mol. The van der Waals surface area contributed by atoms with Crippen molar-refractivity contribution in [1.82, 2.24) is 5.32 Å². The summed E-state index contributed by atoms with van der Waals surface area (Å²) >= 11 is 1.16. The number of amides is 1. The molecule has 0 spiro atoms. The molecule has 6 atom stereocenters. The molecule has 8 nitrogen and oxygen atoms in total. The van der Waals surface area contributed by atoms with Crippen molar-refractivity contribution in [3.63, 3.8) is 0 Å². The highest BCUT2D eigenvalue weighted by atomic mass is 32.2. The van der Waals surface area contributed by atoms with Gasteiger partial charge in [0, 0.05) is 19.2 Å².